The van der Waals surface area contributed by atoms with E-state index in [1.54, 1.807) is 0 Å². The molecule has 2 aromatic rings. The predicted molar refractivity (Wildman–Crippen MR) is 76.7 cm³/mol. The summed E-state index contributed by atoms with van der Waals surface area (Å²) >= 11 is 0. The first kappa shape index (κ1) is 12.6. The predicted octanol–water partition coefficient (Wildman–Crippen LogP) is 2.99. The first-order chi connectivity index (χ1) is 8.74. The lowest BCUT2D eigenvalue weighted by Gasteiger charge is -2.10. The fraction of sp³-hybridized carbons (Fsp3) is 0.429. The molecule has 4 heteroatoms. The summed E-state index contributed by atoms with van der Waals surface area (Å²) in [5.74, 6) is 1.17. The van der Waals surface area contributed by atoms with Crippen LogP contribution in [0.15, 0.2) is 18.2 Å². The van der Waals surface area contributed by atoms with Crippen LogP contribution in [-0.2, 0) is 6.42 Å². The van der Waals surface area contributed by atoms with Crippen molar-refractivity contribution in [3.63, 3.8) is 0 Å². The van der Waals surface area contributed by atoms with Crippen LogP contribution in [-0.4, -0.2) is 16.5 Å². The number of hydrogen-bond acceptors (Lipinski definition) is 4. The highest BCUT2D eigenvalue weighted by molar-refractivity contribution is 5.90. The van der Waals surface area contributed by atoms with Gasteiger partial charge in [-0.25, -0.2) is 4.98 Å². The molecule has 0 atom stereocenters. The molecule has 0 aliphatic carbocycles. The minimum Gasteiger partial charge on any atom is -0.369 e. The number of nitrogen functional groups attached to an aromatic ring is 1. The Bertz CT molecular complexity index is 537. The maximum absolute atomic E-state index is 5.74. The summed E-state index contributed by atoms with van der Waals surface area (Å²) in [5.41, 5.74) is 7.93. The zero-order valence-electron chi connectivity index (χ0n) is 11.0. The van der Waals surface area contributed by atoms with Crippen LogP contribution in [0.2, 0.25) is 0 Å². The van der Waals surface area contributed by atoms with Crippen LogP contribution in [0.25, 0.3) is 10.9 Å². The second-order valence-electron chi connectivity index (χ2n) is 4.42. The number of hydrogen-bond donors (Lipinski definition) is 2. The molecule has 0 aliphatic heterocycles. The molecule has 3 N–H and O–H groups in total. The Balaban J connectivity index is 2.41. The monoisotopic (exact) mass is 244 g/mol. The summed E-state index contributed by atoms with van der Waals surface area (Å²) in [6.07, 6.45) is 3.29. The molecular formula is C14H20N4. The average molecular weight is 244 g/mol. The van der Waals surface area contributed by atoms with Crippen molar-refractivity contribution in [1.82, 2.24) is 9.97 Å². The van der Waals surface area contributed by atoms with Crippen LogP contribution in [0.5, 0.6) is 0 Å². The van der Waals surface area contributed by atoms with Gasteiger partial charge in [-0.2, -0.15) is 4.98 Å². The van der Waals surface area contributed by atoms with Gasteiger partial charge in [-0.1, -0.05) is 26.3 Å². The fourth-order valence-electron chi connectivity index (χ4n) is 1.93. The van der Waals surface area contributed by atoms with Crippen LogP contribution in [0.3, 0.4) is 0 Å². The van der Waals surface area contributed by atoms with Crippen LogP contribution >= 0.6 is 0 Å². The quantitative estimate of drug-likeness (QED) is 0.794. The van der Waals surface area contributed by atoms with Gasteiger partial charge >= 0.3 is 0 Å². The number of rotatable bonds is 5. The lowest BCUT2D eigenvalue weighted by Crippen LogP contribution is -2.06. The minimum absolute atomic E-state index is 0.325. The second-order valence-corrected chi connectivity index (χ2v) is 4.42. The Hall–Kier alpha value is -1.84. The van der Waals surface area contributed by atoms with Crippen molar-refractivity contribution in [3.8, 4) is 0 Å². The third kappa shape index (κ3) is 2.70. The van der Waals surface area contributed by atoms with Crippen molar-refractivity contribution < 1.29 is 0 Å². The summed E-state index contributed by atoms with van der Waals surface area (Å²) in [7, 11) is 0. The highest BCUT2D eigenvalue weighted by Gasteiger charge is 2.06. The fourth-order valence-corrected chi connectivity index (χ4v) is 1.93. The van der Waals surface area contributed by atoms with Gasteiger partial charge in [0, 0.05) is 11.9 Å². The molecule has 1 aromatic carbocycles. The van der Waals surface area contributed by atoms with E-state index in [9.17, 15) is 0 Å². The van der Waals surface area contributed by atoms with E-state index in [1.165, 1.54) is 5.56 Å². The number of aromatic nitrogens is 2. The Morgan fingerprint density at radius 1 is 1.22 bits per heavy atom. The van der Waals surface area contributed by atoms with Gasteiger partial charge in [0.05, 0.1) is 5.52 Å². The minimum atomic E-state index is 0.325. The Kier molecular flexibility index (Phi) is 3.97. The van der Waals surface area contributed by atoms with Gasteiger partial charge in [-0.05, 0) is 30.5 Å². The van der Waals surface area contributed by atoms with Crippen LogP contribution in [0.1, 0.15) is 32.3 Å². The number of unbranched alkanes of at least 4 members (excludes halogenated alkanes) is 1. The molecule has 0 fully saturated rings. The molecule has 1 aromatic heterocycles. The number of nitrogens with zero attached hydrogens (tertiary/aromatic N) is 2. The van der Waals surface area contributed by atoms with Crippen LogP contribution < -0.4 is 11.1 Å². The van der Waals surface area contributed by atoms with Gasteiger partial charge in [0.25, 0.3) is 0 Å². The molecule has 4 nitrogen and oxygen atoms in total. The van der Waals surface area contributed by atoms with Crippen molar-refractivity contribution in [3.05, 3.63) is 23.8 Å². The average Bonchev–Trinajstić information content (AvgIpc) is 2.38. The van der Waals surface area contributed by atoms with Crippen molar-refractivity contribution in [2.75, 3.05) is 17.6 Å². The highest BCUT2D eigenvalue weighted by Crippen LogP contribution is 2.22. The number of benzene rings is 1. The summed E-state index contributed by atoms with van der Waals surface area (Å²) in [6.45, 7) is 5.23. The first-order valence-electron chi connectivity index (χ1n) is 6.54. The zero-order chi connectivity index (χ0) is 13.0. The van der Waals surface area contributed by atoms with Gasteiger partial charge in [-0.3, -0.25) is 0 Å². The molecule has 96 valence electrons. The van der Waals surface area contributed by atoms with E-state index in [4.69, 9.17) is 5.73 Å². The first-order valence-corrected chi connectivity index (χ1v) is 6.54. The molecule has 0 unspecified atom stereocenters. The van der Waals surface area contributed by atoms with E-state index < -0.39 is 0 Å². The molecule has 0 bridgehead atoms. The van der Waals surface area contributed by atoms with Gasteiger partial charge < -0.3 is 11.1 Å². The third-order valence-electron chi connectivity index (χ3n) is 3.01. The number of nitrogens with one attached hydrogen (secondary N) is 1. The number of anilines is 2. The van der Waals surface area contributed by atoms with Crippen molar-refractivity contribution in [2.45, 2.75) is 33.1 Å². The van der Waals surface area contributed by atoms with Crippen molar-refractivity contribution in [1.29, 1.82) is 0 Å². The summed E-state index contributed by atoms with van der Waals surface area (Å²) in [5, 5.41) is 4.40. The Morgan fingerprint density at radius 3 is 2.78 bits per heavy atom. The van der Waals surface area contributed by atoms with E-state index >= 15 is 0 Å². The van der Waals surface area contributed by atoms with Gasteiger partial charge in [0.1, 0.15) is 5.82 Å². The molecule has 0 amide bonds. The molecule has 1 heterocycles. The smallest absolute Gasteiger partial charge is 0.222 e. The summed E-state index contributed by atoms with van der Waals surface area (Å²) in [4.78, 5) is 8.57. The molecular weight excluding hydrogens is 224 g/mol. The normalized spacial score (nSPS) is 10.8. The standard InChI is InChI=1S/C14H20N4/c1-3-5-8-16-13-11-9-10(4-2)6-7-12(11)17-14(15)18-13/h6-7,9H,3-5,8H2,1-2H3,(H3,15,16,17,18). The van der Waals surface area contributed by atoms with E-state index in [-0.39, 0.29) is 0 Å². The van der Waals surface area contributed by atoms with E-state index in [2.05, 4.69) is 41.3 Å². The molecule has 0 saturated heterocycles. The highest BCUT2D eigenvalue weighted by atomic mass is 15.1. The number of fused-ring (bicyclic) bond motifs is 1. The zero-order valence-corrected chi connectivity index (χ0v) is 11.0. The van der Waals surface area contributed by atoms with E-state index in [0.29, 0.717) is 5.95 Å². The Labute approximate surface area is 108 Å². The summed E-state index contributed by atoms with van der Waals surface area (Å²) < 4.78 is 0. The molecule has 0 radical (unpaired) electrons. The van der Waals surface area contributed by atoms with Crippen molar-refractivity contribution in [2.24, 2.45) is 0 Å². The molecule has 0 aliphatic rings. The van der Waals surface area contributed by atoms with E-state index in [0.717, 1.165) is 42.5 Å². The number of aryl methyl sites for hydroxylation is 1. The Morgan fingerprint density at radius 2 is 2.06 bits per heavy atom. The molecule has 0 saturated carbocycles. The maximum Gasteiger partial charge on any atom is 0.222 e. The third-order valence-corrected chi connectivity index (χ3v) is 3.01. The largest absolute Gasteiger partial charge is 0.369 e. The van der Waals surface area contributed by atoms with Crippen molar-refractivity contribution >= 4 is 22.7 Å². The van der Waals surface area contributed by atoms with Gasteiger partial charge in [0.15, 0.2) is 0 Å². The maximum atomic E-state index is 5.74. The SMILES string of the molecule is CCCCNc1nc(N)nc2ccc(CC)cc12. The van der Waals surface area contributed by atoms with Gasteiger partial charge in [0.2, 0.25) is 5.95 Å². The van der Waals surface area contributed by atoms with Crippen LogP contribution in [0.4, 0.5) is 11.8 Å². The van der Waals surface area contributed by atoms with Gasteiger partial charge in [-0.15, -0.1) is 0 Å². The molecule has 2 rings (SSSR count). The molecule has 18 heavy (non-hydrogen) atoms. The molecule has 0 spiro atoms. The topological polar surface area (TPSA) is 63.8 Å². The second kappa shape index (κ2) is 5.67. The summed E-state index contributed by atoms with van der Waals surface area (Å²) in [6, 6.07) is 6.24. The lowest BCUT2D eigenvalue weighted by molar-refractivity contribution is 0.832. The van der Waals surface area contributed by atoms with E-state index in [1.807, 2.05) is 6.07 Å². The van der Waals surface area contributed by atoms with Crippen LogP contribution in [0, 0.1) is 0 Å². The lowest BCUT2D eigenvalue weighted by atomic mass is 10.1. The number of nitrogens with two attached hydrogens (primary N) is 1.